The highest BCUT2D eigenvalue weighted by atomic mass is 35.5. The fraction of sp³-hybridized carbons (Fsp3) is 0.615. The minimum absolute atomic E-state index is 0.179. The van der Waals surface area contributed by atoms with Crippen LogP contribution in [-0.2, 0) is 6.42 Å². The first kappa shape index (κ1) is 12.5. The number of nitrogens with zero attached hydrogens (tertiary/aromatic N) is 1. The van der Waals surface area contributed by atoms with E-state index >= 15 is 0 Å². The number of aryl methyl sites for hydroxylation is 1. The number of aromatic nitrogens is 1. The summed E-state index contributed by atoms with van der Waals surface area (Å²) in [6.45, 7) is 8.73. The molecule has 0 aliphatic heterocycles. The quantitative estimate of drug-likeness (QED) is 0.710. The van der Waals surface area contributed by atoms with E-state index < -0.39 is 0 Å². The minimum atomic E-state index is 0.179. The molecule has 0 aliphatic carbocycles. The van der Waals surface area contributed by atoms with E-state index in [0.717, 1.165) is 18.5 Å². The van der Waals surface area contributed by atoms with Gasteiger partial charge in [-0.05, 0) is 30.4 Å². The molecule has 84 valence electrons. The third-order valence-corrected chi connectivity index (χ3v) is 2.68. The smallest absolute Gasteiger partial charge is 0.0447 e. The van der Waals surface area contributed by atoms with E-state index in [-0.39, 0.29) is 10.8 Å². The van der Waals surface area contributed by atoms with Gasteiger partial charge in [0.05, 0.1) is 0 Å². The summed E-state index contributed by atoms with van der Waals surface area (Å²) in [5, 5.41) is 0.179. The maximum absolute atomic E-state index is 6.33. The summed E-state index contributed by atoms with van der Waals surface area (Å²) in [6.07, 6.45) is 3.72. The van der Waals surface area contributed by atoms with Gasteiger partial charge in [-0.1, -0.05) is 26.8 Å². The molecule has 2 heteroatoms. The van der Waals surface area contributed by atoms with Crippen molar-refractivity contribution in [2.75, 3.05) is 0 Å². The monoisotopic (exact) mass is 225 g/mol. The Labute approximate surface area is 97.9 Å². The summed E-state index contributed by atoms with van der Waals surface area (Å²) in [5.74, 6) is 0. The van der Waals surface area contributed by atoms with Crippen molar-refractivity contribution >= 4 is 11.6 Å². The van der Waals surface area contributed by atoms with Crippen molar-refractivity contribution in [3.8, 4) is 0 Å². The van der Waals surface area contributed by atoms with Crippen molar-refractivity contribution in [3.63, 3.8) is 0 Å². The molecule has 1 atom stereocenters. The Morgan fingerprint density at radius 3 is 2.60 bits per heavy atom. The Balaban J connectivity index is 2.59. The third-order valence-electron chi connectivity index (χ3n) is 2.37. The van der Waals surface area contributed by atoms with Crippen molar-refractivity contribution in [2.24, 2.45) is 5.41 Å². The first-order valence-electron chi connectivity index (χ1n) is 5.43. The van der Waals surface area contributed by atoms with Gasteiger partial charge >= 0.3 is 0 Å². The Bertz CT molecular complexity index is 315. The van der Waals surface area contributed by atoms with Crippen LogP contribution in [0.4, 0.5) is 0 Å². The number of alkyl halides is 1. The molecular formula is C13H20ClN. The van der Waals surface area contributed by atoms with Crippen molar-refractivity contribution in [1.82, 2.24) is 4.98 Å². The average Bonchev–Trinajstić information content (AvgIpc) is 2.05. The van der Waals surface area contributed by atoms with Crippen molar-refractivity contribution in [1.29, 1.82) is 0 Å². The zero-order valence-electron chi connectivity index (χ0n) is 10.0. The Hall–Kier alpha value is -0.560. The molecular weight excluding hydrogens is 206 g/mol. The number of hydrogen-bond donors (Lipinski definition) is 0. The first-order valence-corrected chi connectivity index (χ1v) is 5.87. The number of halogens is 1. The van der Waals surface area contributed by atoms with Gasteiger partial charge < -0.3 is 0 Å². The molecule has 1 aromatic heterocycles. The fourth-order valence-corrected chi connectivity index (χ4v) is 2.29. The lowest BCUT2D eigenvalue weighted by Gasteiger charge is -2.21. The standard InChI is InChI=1S/C13H20ClN/c1-10-6-5-7-15-12(10)8-11(14)9-13(2,3)4/h5-7,11H,8-9H2,1-4H3. The molecule has 1 aromatic rings. The van der Waals surface area contributed by atoms with Crippen LogP contribution in [0.3, 0.4) is 0 Å². The van der Waals surface area contributed by atoms with E-state index in [1.807, 2.05) is 12.3 Å². The molecule has 0 bridgehead atoms. The molecule has 1 nitrogen and oxygen atoms in total. The van der Waals surface area contributed by atoms with Crippen molar-refractivity contribution in [2.45, 2.75) is 45.9 Å². The van der Waals surface area contributed by atoms with Crippen LogP contribution >= 0.6 is 11.6 Å². The Morgan fingerprint density at radius 1 is 1.40 bits per heavy atom. The lowest BCUT2D eigenvalue weighted by molar-refractivity contribution is 0.368. The molecule has 0 N–H and O–H groups in total. The summed E-state index contributed by atoms with van der Waals surface area (Å²) in [5.41, 5.74) is 2.65. The first-order chi connectivity index (χ1) is 6.88. The number of hydrogen-bond acceptors (Lipinski definition) is 1. The Morgan fingerprint density at radius 2 is 2.07 bits per heavy atom. The summed E-state index contributed by atoms with van der Waals surface area (Å²) in [7, 11) is 0. The molecule has 15 heavy (non-hydrogen) atoms. The van der Waals surface area contributed by atoms with E-state index in [4.69, 9.17) is 11.6 Å². The van der Waals surface area contributed by atoms with E-state index in [1.54, 1.807) is 0 Å². The second-order valence-electron chi connectivity index (χ2n) is 5.33. The molecule has 1 heterocycles. The topological polar surface area (TPSA) is 12.9 Å². The summed E-state index contributed by atoms with van der Waals surface area (Å²) >= 11 is 6.33. The molecule has 1 unspecified atom stereocenters. The highest BCUT2D eigenvalue weighted by molar-refractivity contribution is 6.20. The van der Waals surface area contributed by atoms with Gasteiger partial charge in [0, 0.05) is 23.7 Å². The van der Waals surface area contributed by atoms with E-state index in [1.165, 1.54) is 5.56 Å². The molecule has 0 aliphatic rings. The van der Waals surface area contributed by atoms with Gasteiger partial charge in [-0.15, -0.1) is 11.6 Å². The van der Waals surface area contributed by atoms with Crippen molar-refractivity contribution in [3.05, 3.63) is 29.6 Å². The molecule has 0 amide bonds. The average molecular weight is 226 g/mol. The van der Waals surface area contributed by atoms with Crippen LogP contribution in [0.25, 0.3) is 0 Å². The maximum atomic E-state index is 6.33. The third kappa shape index (κ3) is 4.65. The van der Waals surface area contributed by atoms with Gasteiger partial charge in [0.25, 0.3) is 0 Å². The zero-order valence-corrected chi connectivity index (χ0v) is 10.8. The molecule has 1 rings (SSSR count). The largest absolute Gasteiger partial charge is 0.261 e. The van der Waals surface area contributed by atoms with Gasteiger partial charge in [0.1, 0.15) is 0 Å². The van der Waals surface area contributed by atoms with Gasteiger partial charge in [0.15, 0.2) is 0 Å². The highest BCUT2D eigenvalue weighted by Gasteiger charge is 2.17. The lowest BCUT2D eigenvalue weighted by Crippen LogP contribution is -2.16. The molecule has 0 saturated heterocycles. The predicted octanol–water partition coefficient (Wildman–Crippen LogP) is 3.98. The van der Waals surface area contributed by atoms with E-state index in [2.05, 4.69) is 38.7 Å². The van der Waals surface area contributed by atoms with Crippen LogP contribution in [0, 0.1) is 12.3 Å². The zero-order chi connectivity index (χ0) is 11.5. The number of pyridine rings is 1. The molecule has 0 aromatic carbocycles. The van der Waals surface area contributed by atoms with Gasteiger partial charge in [-0.25, -0.2) is 0 Å². The van der Waals surface area contributed by atoms with Crippen LogP contribution in [-0.4, -0.2) is 10.4 Å². The fourth-order valence-electron chi connectivity index (χ4n) is 1.68. The summed E-state index contributed by atoms with van der Waals surface area (Å²) < 4.78 is 0. The SMILES string of the molecule is Cc1cccnc1CC(Cl)CC(C)(C)C. The van der Waals surface area contributed by atoms with Crippen LogP contribution in [0.1, 0.15) is 38.4 Å². The van der Waals surface area contributed by atoms with Crippen molar-refractivity contribution < 1.29 is 0 Å². The lowest BCUT2D eigenvalue weighted by atomic mass is 9.89. The summed E-state index contributed by atoms with van der Waals surface area (Å²) in [4.78, 5) is 4.36. The second kappa shape index (κ2) is 4.98. The van der Waals surface area contributed by atoms with E-state index in [0.29, 0.717) is 0 Å². The Kier molecular flexibility index (Phi) is 4.15. The van der Waals surface area contributed by atoms with Crippen LogP contribution < -0.4 is 0 Å². The molecule has 0 radical (unpaired) electrons. The maximum Gasteiger partial charge on any atom is 0.0447 e. The molecule has 0 fully saturated rings. The van der Waals surface area contributed by atoms with Gasteiger partial charge in [-0.2, -0.15) is 0 Å². The predicted molar refractivity (Wildman–Crippen MR) is 66.4 cm³/mol. The normalized spacial score (nSPS) is 13.9. The van der Waals surface area contributed by atoms with E-state index in [9.17, 15) is 0 Å². The highest BCUT2D eigenvalue weighted by Crippen LogP contribution is 2.25. The number of rotatable bonds is 3. The van der Waals surface area contributed by atoms with Crippen LogP contribution in [0.2, 0.25) is 0 Å². The van der Waals surface area contributed by atoms with Gasteiger partial charge in [0.2, 0.25) is 0 Å². The molecule has 0 saturated carbocycles. The van der Waals surface area contributed by atoms with Crippen LogP contribution in [0.5, 0.6) is 0 Å². The minimum Gasteiger partial charge on any atom is -0.261 e. The van der Waals surface area contributed by atoms with Gasteiger partial charge in [-0.3, -0.25) is 4.98 Å². The van der Waals surface area contributed by atoms with Crippen LogP contribution in [0.15, 0.2) is 18.3 Å². The molecule has 0 spiro atoms. The second-order valence-corrected chi connectivity index (χ2v) is 5.95. The summed E-state index contributed by atoms with van der Waals surface area (Å²) in [6, 6.07) is 4.05.